The molecule has 9 heteroatoms. The average Bonchev–Trinajstić information content (AvgIpc) is 3.35. The molecule has 0 spiro atoms. The second-order valence-electron chi connectivity index (χ2n) is 9.07. The first-order valence-electron chi connectivity index (χ1n) is 11.7. The molecule has 1 amide bonds. The number of nitrogens with zero attached hydrogens (tertiary/aromatic N) is 3. The third-order valence-electron chi connectivity index (χ3n) is 6.17. The fourth-order valence-corrected chi connectivity index (χ4v) is 4.14. The lowest BCUT2D eigenvalue weighted by Crippen LogP contribution is -2.18. The largest absolute Gasteiger partial charge is 0.454 e. The van der Waals surface area contributed by atoms with Crippen LogP contribution >= 0.6 is 0 Å². The standard InChI is InChI=1S/C28H24N4O5/c1-16(2)18-5-7-19(8-6-18)24-12-22(21-10-17(3)4-9-23(21)30-24)28(33)31-29-14-20-11-26-27(37-15-36-26)13-25(20)32(34)35/h4-14,16H,15H2,1-3H3,(H,31,33)/b29-14-. The first-order chi connectivity index (χ1) is 17.8. The van der Waals surface area contributed by atoms with Crippen LogP contribution in [0.25, 0.3) is 22.2 Å². The molecule has 1 aromatic heterocycles. The lowest BCUT2D eigenvalue weighted by atomic mass is 9.99. The number of hydrogen-bond acceptors (Lipinski definition) is 7. The maximum absolute atomic E-state index is 13.3. The number of hydrazone groups is 1. The molecule has 2 heterocycles. The second-order valence-corrected chi connectivity index (χ2v) is 9.07. The SMILES string of the molecule is Cc1ccc2nc(-c3ccc(C(C)C)cc3)cc(C(=O)N/N=C\c3cc4c(cc3[N+](=O)[O-])OCO4)c2c1. The molecule has 186 valence electrons. The van der Waals surface area contributed by atoms with Crippen molar-refractivity contribution < 1.29 is 19.2 Å². The van der Waals surface area contributed by atoms with E-state index in [9.17, 15) is 14.9 Å². The number of nitro groups is 1. The van der Waals surface area contributed by atoms with E-state index in [0.29, 0.717) is 39.6 Å². The van der Waals surface area contributed by atoms with E-state index in [1.807, 2.05) is 37.3 Å². The number of benzene rings is 3. The zero-order valence-corrected chi connectivity index (χ0v) is 20.5. The Labute approximate surface area is 212 Å². The van der Waals surface area contributed by atoms with Crippen molar-refractivity contribution in [3.63, 3.8) is 0 Å². The fraction of sp³-hybridized carbons (Fsp3) is 0.179. The second kappa shape index (κ2) is 9.69. The van der Waals surface area contributed by atoms with Crippen LogP contribution in [-0.2, 0) is 0 Å². The molecule has 0 atom stereocenters. The summed E-state index contributed by atoms with van der Waals surface area (Å²) in [6.45, 7) is 6.19. The van der Waals surface area contributed by atoms with Crippen LogP contribution < -0.4 is 14.9 Å². The minimum absolute atomic E-state index is 0.0130. The average molecular weight is 497 g/mol. The van der Waals surface area contributed by atoms with Crippen molar-refractivity contribution in [2.75, 3.05) is 6.79 Å². The number of carbonyl (C=O) groups is 1. The molecule has 5 rings (SSSR count). The van der Waals surface area contributed by atoms with E-state index in [-0.39, 0.29) is 18.0 Å². The Kier molecular flexibility index (Phi) is 6.27. The van der Waals surface area contributed by atoms with Gasteiger partial charge in [0.05, 0.1) is 39.5 Å². The number of carbonyl (C=O) groups excluding carboxylic acids is 1. The number of pyridine rings is 1. The molecule has 0 bridgehead atoms. The first kappa shape index (κ1) is 23.9. The van der Waals surface area contributed by atoms with Gasteiger partial charge in [0, 0.05) is 10.9 Å². The number of ether oxygens (including phenoxy) is 2. The Morgan fingerprint density at radius 3 is 2.51 bits per heavy atom. The molecule has 3 aromatic carbocycles. The minimum atomic E-state index is -0.541. The van der Waals surface area contributed by atoms with Gasteiger partial charge in [-0.3, -0.25) is 14.9 Å². The van der Waals surface area contributed by atoms with Crippen molar-refractivity contribution in [1.29, 1.82) is 0 Å². The van der Waals surface area contributed by atoms with Crippen molar-refractivity contribution in [3.8, 4) is 22.8 Å². The number of amides is 1. The van der Waals surface area contributed by atoms with Crippen molar-refractivity contribution in [1.82, 2.24) is 10.4 Å². The Morgan fingerprint density at radius 1 is 1.08 bits per heavy atom. The van der Waals surface area contributed by atoms with E-state index >= 15 is 0 Å². The summed E-state index contributed by atoms with van der Waals surface area (Å²) in [6.07, 6.45) is 1.22. The summed E-state index contributed by atoms with van der Waals surface area (Å²) >= 11 is 0. The monoisotopic (exact) mass is 496 g/mol. The molecule has 37 heavy (non-hydrogen) atoms. The number of aryl methyl sites for hydroxylation is 1. The predicted octanol–water partition coefficient (Wildman–Crippen LogP) is 5.73. The van der Waals surface area contributed by atoms with Gasteiger partial charge in [0.2, 0.25) is 6.79 Å². The highest BCUT2D eigenvalue weighted by atomic mass is 16.7. The maximum atomic E-state index is 13.3. The normalized spacial score (nSPS) is 12.4. The molecule has 0 saturated carbocycles. The summed E-state index contributed by atoms with van der Waals surface area (Å²) < 4.78 is 10.5. The number of nitro benzene ring substituents is 1. The van der Waals surface area contributed by atoms with Crippen LogP contribution in [0.3, 0.4) is 0 Å². The van der Waals surface area contributed by atoms with Crippen LogP contribution in [0.2, 0.25) is 0 Å². The van der Waals surface area contributed by atoms with Gasteiger partial charge in [-0.2, -0.15) is 5.10 Å². The summed E-state index contributed by atoms with van der Waals surface area (Å²) in [5, 5.41) is 16.2. The van der Waals surface area contributed by atoms with Crippen LogP contribution in [0.15, 0.2) is 65.8 Å². The first-order valence-corrected chi connectivity index (χ1v) is 11.7. The fourth-order valence-electron chi connectivity index (χ4n) is 4.14. The van der Waals surface area contributed by atoms with Crippen LogP contribution in [-0.4, -0.2) is 28.8 Å². The van der Waals surface area contributed by atoms with E-state index in [0.717, 1.165) is 11.1 Å². The summed E-state index contributed by atoms with van der Waals surface area (Å²) in [5.41, 5.74) is 7.29. The molecule has 0 aliphatic carbocycles. The Bertz CT molecular complexity index is 1560. The zero-order chi connectivity index (χ0) is 26.1. The number of hydrogen-bond donors (Lipinski definition) is 1. The predicted molar refractivity (Wildman–Crippen MR) is 140 cm³/mol. The smallest absolute Gasteiger partial charge is 0.282 e. The van der Waals surface area contributed by atoms with Gasteiger partial charge in [-0.1, -0.05) is 49.7 Å². The van der Waals surface area contributed by atoms with E-state index in [1.165, 1.54) is 23.9 Å². The van der Waals surface area contributed by atoms with Gasteiger partial charge in [-0.05, 0) is 42.7 Å². The van der Waals surface area contributed by atoms with Crippen molar-refractivity contribution in [2.45, 2.75) is 26.7 Å². The van der Waals surface area contributed by atoms with Gasteiger partial charge in [-0.15, -0.1) is 0 Å². The highest BCUT2D eigenvalue weighted by molar-refractivity contribution is 6.07. The molecule has 4 aromatic rings. The molecule has 1 aliphatic rings. The van der Waals surface area contributed by atoms with Gasteiger partial charge < -0.3 is 9.47 Å². The molecular formula is C28H24N4O5. The molecule has 1 aliphatic heterocycles. The molecule has 0 saturated heterocycles. The molecule has 0 unspecified atom stereocenters. The summed E-state index contributed by atoms with van der Waals surface area (Å²) in [7, 11) is 0. The van der Waals surface area contributed by atoms with Crippen LogP contribution in [0.1, 0.15) is 46.8 Å². The van der Waals surface area contributed by atoms with Gasteiger partial charge in [-0.25, -0.2) is 10.4 Å². The molecule has 0 radical (unpaired) electrons. The van der Waals surface area contributed by atoms with Crippen LogP contribution in [0.5, 0.6) is 11.5 Å². The summed E-state index contributed by atoms with van der Waals surface area (Å²) in [6, 6.07) is 18.3. The molecular weight excluding hydrogens is 472 g/mol. The quantitative estimate of drug-likeness (QED) is 0.207. The lowest BCUT2D eigenvalue weighted by molar-refractivity contribution is -0.385. The van der Waals surface area contributed by atoms with Crippen LogP contribution in [0.4, 0.5) is 5.69 Å². The van der Waals surface area contributed by atoms with Crippen molar-refractivity contribution in [2.24, 2.45) is 5.10 Å². The van der Waals surface area contributed by atoms with E-state index in [2.05, 4.69) is 36.5 Å². The molecule has 9 nitrogen and oxygen atoms in total. The summed E-state index contributed by atoms with van der Waals surface area (Å²) in [4.78, 5) is 29.0. The van der Waals surface area contributed by atoms with Gasteiger partial charge in [0.1, 0.15) is 0 Å². The number of nitrogens with one attached hydrogen (secondary N) is 1. The zero-order valence-electron chi connectivity index (χ0n) is 20.5. The lowest BCUT2D eigenvalue weighted by Gasteiger charge is -2.11. The number of fused-ring (bicyclic) bond motifs is 2. The molecule has 1 N–H and O–H groups in total. The third kappa shape index (κ3) is 4.84. The van der Waals surface area contributed by atoms with Gasteiger partial charge in [0.25, 0.3) is 11.6 Å². The Hall–Kier alpha value is -4.79. The van der Waals surface area contributed by atoms with Crippen LogP contribution in [0, 0.1) is 17.0 Å². The highest BCUT2D eigenvalue weighted by Gasteiger charge is 2.22. The Morgan fingerprint density at radius 2 is 1.81 bits per heavy atom. The van der Waals surface area contributed by atoms with Crippen molar-refractivity contribution in [3.05, 3.63) is 93.0 Å². The molecule has 0 fully saturated rings. The Balaban J connectivity index is 1.48. The topological polar surface area (TPSA) is 116 Å². The van der Waals surface area contributed by atoms with Crippen molar-refractivity contribution >= 4 is 28.7 Å². The van der Waals surface area contributed by atoms with Gasteiger partial charge >= 0.3 is 0 Å². The third-order valence-corrected chi connectivity index (χ3v) is 6.17. The number of rotatable bonds is 6. The number of aromatic nitrogens is 1. The van der Waals surface area contributed by atoms with E-state index in [1.54, 1.807) is 6.07 Å². The minimum Gasteiger partial charge on any atom is -0.454 e. The highest BCUT2D eigenvalue weighted by Crippen LogP contribution is 2.37. The van der Waals surface area contributed by atoms with E-state index in [4.69, 9.17) is 14.5 Å². The summed E-state index contributed by atoms with van der Waals surface area (Å²) in [5.74, 6) is 0.613. The van der Waals surface area contributed by atoms with E-state index < -0.39 is 10.8 Å². The van der Waals surface area contributed by atoms with Gasteiger partial charge in [0.15, 0.2) is 11.5 Å². The maximum Gasteiger partial charge on any atom is 0.282 e.